The van der Waals surface area contributed by atoms with E-state index in [1.54, 1.807) is 0 Å². The quantitative estimate of drug-likeness (QED) is 0.522. The predicted octanol–water partition coefficient (Wildman–Crippen LogP) is 5.10. The van der Waals surface area contributed by atoms with E-state index < -0.39 is 0 Å². The summed E-state index contributed by atoms with van der Waals surface area (Å²) in [6, 6.07) is 0. The molecule has 0 atom stereocenters. The number of carbonyl (C=O) groups excluding carboxylic acids is 1. The van der Waals surface area contributed by atoms with Gasteiger partial charge in [0, 0.05) is 6.42 Å². The van der Waals surface area contributed by atoms with Gasteiger partial charge < -0.3 is 0 Å². The Balaban J connectivity index is 1.70. The molecule has 2 aliphatic rings. The fourth-order valence-corrected chi connectivity index (χ4v) is 4.35. The molecule has 21 heavy (non-hydrogen) atoms. The summed E-state index contributed by atoms with van der Waals surface area (Å²) in [5.41, 5.74) is -0.0291. The summed E-state index contributed by atoms with van der Waals surface area (Å²) in [5, 5.41) is 0. The number of hydrogen-bond donors (Lipinski definition) is 0. The molecule has 0 spiro atoms. The largest absolute Gasteiger partial charge is 0.298 e. The molecule has 1 saturated carbocycles. The normalized spacial score (nSPS) is 22.0. The van der Waals surface area contributed by atoms with Gasteiger partial charge >= 0.3 is 0 Å². The lowest BCUT2D eigenvalue weighted by Crippen LogP contribution is -2.51. The van der Waals surface area contributed by atoms with Gasteiger partial charge in [-0.3, -0.25) is 9.69 Å². The molecule has 1 aliphatic carbocycles. The van der Waals surface area contributed by atoms with E-state index in [9.17, 15) is 4.79 Å². The molecule has 0 amide bonds. The molecule has 0 unspecified atom stereocenters. The minimum absolute atomic E-state index is 0.0291. The van der Waals surface area contributed by atoms with Crippen LogP contribution in [0.15, 0.2) is 0 Å². The van der Waals surface area contributed by atoms with Gasteiger partial charge in [0.05, 0.1) is 5.54 Å². The van der Waals surface area contributed by atoms with Gasteiger partial charge in [-0.1, -0.05) is 58.3 Å². The lowest BCUT2D eigenvalue weighted by Gasteiger charge is -2.37. The SMILES string of the molecule is CCCCCCCCCC(=O)C1(N2CCCC2)CCCC1. The van der Waals surface area contributed by atoms with Crippen molar-refractivity contribution in [3.8, 4) is 0 Å². The standard InChI is InChI=1S/C19H35NO/c1-2-3-4-5-6-7-8-13-18(21)19(14-9-10-15-19)20-16-11-12-17-20/h2-17H2,1H3. The van der Waals surface area contributed by atoms with Crippen LogP contribution in [0.25, 0.3) is 0 Å². The molecule has 0 aromatic heterocycles. The average molecular weight is 293 g/mol. The molecule has 1 heterocycles. The molecule has 2 nitrogen and oxygen atoms in total. The van der Waals surface area contributed by atoms with Crippen LogP contribution < -0.4 is 0 Å². The topological polar surface area (TPSA) is 20.3 Å². The van der Waals surface area contributed by atoms with E-state index in [2.05, 4.69) is 11.8 Å². The van der Waals surface area contributed by atoms with Crippen LogP contribution in [0.2, 0.25) is 0 Å². The number of rotatable bonds is 10. The van der Waals surface area contributed by atoms with Crippen molar-refractivity contribution in [3.63, 3.8) is 0 Å². The van der Waals surface area contributed by atoms with Crippen LogP contribution in [0.3, 0.4) is 0 Å². The highest BCUT2D eigenvalue weighted by Gasteiger charge is 2.45. The Hall–Kier alpha value is -0.370. The molecule has 0 aromatic carbocycles. The van der Waals surface area contributed by atoms with Crippen molar-refractivity contribution in [1.82, 2.24) is 4.90 Å². The zero-order chi connectivity index (χ0) is 15.0. The van der Waals surface area contributed by atoms with E-state index in [1.807, 2.05) is 0 Å². The number of ketones is 1. The summed E-state index contributed by atoms with van der Waals surface area (Å²) in [6.45, 7) is 4.60. The van der Waals surface area contributed by atoms with Crippen LogP contribution in [0, 0.1) is 0 Å². The van der Waals surface area contributed by atoms with Crippen LogP contribution in [-0.2, 0) is 4.79 Å². The van der Waals surface area contributed by atoms with Crippen molar-refractivity contribution in [2.24, 2.45) is 0 Å². The molecule has 0 N–H and O–H groups in total. The second kappa shape index (κ2) is 8.92. The van der Waals surface area contributed by atoms with Gasteiger partial charge in [-0.25, -0.2) is 0 Å². The molecule has 2 fully saturated rings. The fraction of sp³-hybridized carbons (Fsp3) is 0.947. The lowest BCUT2D eigenvalue weighted by molar-refractivity contribution is -0.130. The second-order valence-electron chi connectivity index (χ2n) is 7.23. The Kier molecular flexibility index (Phi) is 7.22. The fourth-order valence-electron chi connectivity index (χ4n) is 4.35. The minimum Gasteiger partial charge on any atom is -0.298 e. The van der Waals surface area contributed by atoms with Crippen molar-refractivity contribution in [1.29, 1.82) is 0 Å². The number of unbranched alkanes of at least 4 members (excludes halogenated alkanes) is 6. The van der Waals surface area contributed by atoms with Crippen molar-refractivity contribution in [2.75, 3.05) is 13.1 Å². The van der Waals surface area contributed by atoms with Crippen molar-refractivity contribution in [2.45, 2.75) is 102 Å². The minimum atomic E-state index is -0.0291. The smallest absolute Gasteiger partial charge is 0.153 e. The van der Waals surface area contributed by atoms with Crippen molar-refractivity contribution in [3.05, 3.63) is 0 Å². The lowest BCUT2D eigenvalue weighted by atomic mass is 9.87. The summed E-state index contributed by atoms with van der Waals surface area (Å²) in [5.74, 6) is 0.579. The first kappa shape index (κ1) is 17.0. The Morgan fingerprint density at radius 1 is 0.857 bits per heavy atom. The third-order valence-corrected chi connectivity index (χ3v) is 5.67. The summed E-state index contributed by atoms with van der Waals surface area (Å²) < 4.78 is 0. The number of nitrogens with zero attached hydrogens (tertiary/aromatic N) is 1. The molecule has 1 aliphatic heterocycles. The summed E-state index contributed by atoms with van der Waals surface area (Å²) in [7, 11) is 0. The number of hydrogen-bond acceptors (Lipinski definition) is 2. The van der Waals surface area contributed by atoms with Crippen molar-refractivity contribution >= 4 is 5.78 Å². The van der Waals surface area contributed by atoms with Gasteiger partial charge in [0.25, 0.3) is 0 Å². The summed E-state index contributed by atoms with van der Waals surface area (Å²) >= 11 is 0. The highest BCUT2D eigenvalue weighted by Crippen LogP contribution is 2.39. The maximum atomic E-state index is 12.8. The van der Waals surface area contributed by atoms with Crippen LogP contribution in [-0.4, -0.2) is 29.3 Å². The molecule has 0 aromatic rings. The Morgan fingerprint density at radius 3 is 2.05 bits per heavy atom. The third-order valence-electron chi connectivity index (χ3n) is 5.67. The van der Waals surface area contributed by atoms with E-state index in [0.29, 0.717) is 5.78 Å². The van der Waals surface area contributed by atoms with Gasteiger partial charge in [0.2, 0.25) is 0 Å². The molecule has 122 valence electrons. The van der Waals surface area contributed by atoms with Gasteiger partial charge in [-0.2, -0.15) is 0 Å². The molecule has 0 radical (unpaired) electrons. The first-order valence-corrected chi connectivity index (χ1v) is 9.58. The Morgan fingerprint density at radius 2 is 1.43 bits per heavy atom. The van der Waals surface area contributed by atoms with E-state index in [4.69, 9.17) is 0 Å². The van der Waals surface area contributed by atoms with Gasteiger partial charge in [0.15, 0.2) is 5.78 Å². The number of likely N-dealkylation sites (tertiary alicyclic amines) is 1. The number of carbonyl (C=O) groups is 1. The summed E-state index contributed by atoms with van der Waals surface area (Å²) in [4.78, 5) is 15.4. The van der Waals surface area contributed by atoms with E-state index in [1.165, 1.54) is 77.3 Å². The Labute approximate surface area is 131 Å². The highest BCUT2D eigenvalue weighted by atomic mass is 16.1. The molecular weight excluding hydrogens is 258 g/mol. The van der Waals surface area contributed by atoms with Crippen LogP contribution >= 0.6 is 0 Å². The Bertz CT molecular complexity index is 301. The molecule has 1 saturated heterocycles. The summed E-state index contributed by atoms with van der Waals surface area (Å²) in [6.07, 6.45) is 17.4. The molecule has 2 rings (SSSR count). The van der Waals surface area contributed by atoms with Crippen LogP contribution in [0.4, 0.5) is 0 Å². The zero-order valence-corrected chi connectivity index (χ0v) is 14.2. The maximum Gasteiger partial charge on any atom is 0.153 e. The third kappa shape index (κ3) is 4.55. The van der Waals surface area contributed by atoms with Gasteiger partial charge in [-0.05, 0) is 45.2 Å². The zero-order valence-electron chi connectivity index (χ0n) is 14.2. The highest BCUT2D eigenvalue weighted by molar-refractivity contribution is 5.88. The van der Waals surface area contributed by atoms with Gasteiger partial charge in [0.1, 0.15) is 0 Å². The van der Waals surface area contributed by atoms with Crippen molar-refractivity contribution < 1.29 is 4.79 Å². The van der Waals surface area contributed by atoms with Crippen LogP contribution in [0.1, 0.15) is 96.8 Å². The average Bonchev–Trinajstić information content (AvgIpc) is 3.17. The maximum absolute atomic E-state index is 12.8. The predicted molar refractivity (Wildman–Crippen MR) is 89.6 cm³/mol. The first-order chi connectivity index (χ1) is 10.3. The number of Topliss-reactive ketones (excluding diaryl/α,β-unsaturated/α-hetero) is 1. The molecule has 2 heteroatoms. The van der Waals surface area contributed by atoms with Crippen LogP contribution in [0.5, 0.6) is 0 Å². The van der Waals surface area contributed by atoms with Gasteiger partial charge in [-0.15, -0.1) is 0 Å². The monoisotopic (exact) mass is 293 g/mol. The second-order valence-corrected chi connectivity index (χ2v) is 7.23. The van der Waals surface area contributed by atoms with E-state index in [0.717, 1.165) is 25.7 Å². The molecular formula is C19H35NO. The van der Waals surface area contributed by atoms with E-state index >= 15 is 0 Å². The van der Waals surface area contributed by atoms with E-state index in [-0.39, 0.29) is 5.54 Å². The first-order valence-electron chi connectivity index (χ1n) is 9.58. The molecule has 0 bridgehead atoms.